The third-order valence-corrected chi connectivity index (χ3v) is 24.0. The first kappa shape index (κ1) is 101. The lowest BCUT2D eigenvalue weighted by molar-refractivity contribution is -0.321. The van der Waals surface area contributed by atoms with E-state index in [1.165, 1.54) is 27.7 Å². The van der Waals surface area contributed by atoms with Gasteiger partial charge in [0.15, 0.2) is 0 Å². The molecule has 0 radical (unpaired) electrons. The monoisotopic (exact) mass is 1680 g/mol. The average Bonchev–Trinajstić information content (AvgIpc) is 1.54. The largest absolute Gasteiger partial charge is 0.392 e. The molecule has 0 N–H and O–H groups in total. The maximum absolute atomic E-state index is 13.0. The summed E-state index contributed by atoms with van der Waals surface area (Å²) in [7, 11) is 0. The molecule has 0 heterocycles. The van der Waals surface area contributed by atoms with Crippen LogP contribution in [0.1, 0.15) is 210 Å². The molecule has 8 rings (SSSR count). The van der Waals surface area contributed by atoms with E-state index in [0.717, 1.165) is 39.5 Å². The zero-order valence-electron chi connectivity index (χ0n) is 65.4. The Labute approximate surface area is 617 Å². The van der Waals surface area contributed by atoms with Crippen molar-refractivity contribution in [1.82, 2.24) is 0 Å². The van der Waals surface area contributed by atoms with Crippen LogP contribution in [0, 0.1) is 148 Å². The van der Waals surface area contributed by atoms with Crippen LogP contribution in [-0.2, 0) is 0 Å². The van der Waals surface area contributed by atoms with Crippen LogP contribution in [0.2, 0.25) is 0 Å². The Hall–Kier alpha value is -2.59. The summed E-state index contributed by atoms with van der Waals surface area (Å²) < 4.78 is 483. The van der Waals surface area contributed by atoms with Crippen LogP contribution in [0.25, 0.3) is 0 Å². The van der Waals surface area contributed by atoms with Crippen LogP contribution in [-0.4, -0.2) is 97.5 Å². The smallest absolute Gasteiger partial charge is 0.247 e. The van der Waals surface area contributed by atoms with E-state index >= 15 is 0 Å². The summed E-state index contributed by atoms with van der Waals surface area (Å²) >= 11 is 0. The van der Waals surface area contributed by atoms with Gasteiger partial charge in [-0.15, -0.1) is 0 Å². The Kier molecular flexibility index (Phi) is 35.3. The molecule has 0 spiro atoms. The number of rotatable bonds is 0. The summed E-state index contributed by atoms with van der Waals surface area (Å²) in [6.45, 7) is 22.0. The van der Waals surface area contributed by atoms with Gasteiger partial charge in [0.25, 0.3) is 5.92 Å². The van der Waals surface area contributed by atoms with Gasteiger partial charge >= 0.3 is 67.4 Å². The third-order valence-electron chi connectivity index (χ3n) is 24.0. The van der Waals surface area contributed by atoms with E-state index < -0.39 is 210 Å². The Morgan fingerprint density at radius 2 is 0.606 bits per heavy atom. The second-order valence-corrected chi connectivity index (χ2v) is 32.8. The molecular formula is C72H107F37. The zero-order chi connectivity index (χ0) is 88.4. The van der Waals surface area contributed by atoms with E-state index in [4.69, 9.17) is 2.74 Å². The lowest BCUT2D eigenvalue weighted by Crippen LogP contribution is -2.57. The number of hydrogen-bond acceptors (Lipinski definition) is 0. The minimum Gasteiger partial charge on any atom is -0.247 e. The van der Waals surface area contributed by atoms with Crippen molar-refractivity contribution in [3.8, 4) is 0 Å². The molecule has 0 saturated heterocycles. The van der Waals surface area contributed by atoms with Crippen molar-refractivity contribution in [1.29, 1.82) is 0 Å². The fourth-order valence-corrected chi connectivity index (χ4v) is 17.3. The van der Waals surface area contributed by atoms with E-state index in [1.54, 1.807) is 34.6 Å². The second-order valence-electron chi connectivity index (χ2n) is 32.8. The van der Waals surface area contributed by atoms with Crippen LogP contribution in [0.4, 0.5) is 162 Å². The average molecular weight is 1680 g/mol. The van der Waals surface area contributed by atoms with Gasteiger partial charge in [-0.25, -0.2) is 26.3 Å². The van der Waals surface area contributed by atoms with E-state index in [-0.39, 0.29) is 81.0 Å². The number of hydrogen-bond donors (Lipinski definition) is 0. The molecular weight excluding hydrogens is 1570 g/mol. The first-order valence-corrected chi connectivity index (χ1v) is 36.2. The van der Waals surface area contributed by atoms with Gasteiger partial charge in [-0.05, 0) is 148 Å². The molecule has 0 bridgehead atoms. The normalized spacial score (nSPS) is 42.3. The van der Waals surface area contributed by atoms with Gasteiger partial charge in [0.05, 0.1) is 59.2 Å². The van der Waals surface area contributed by atoms with Gasteiger partial charge in [-0.2, -0.15) is 136 Å². The molecule has 0 aromatic carbocycles. The SMILES string of the molecule is CC1C(C)C(C(F)(F)F)C(C(F)(F)F)C(C)C1C(F)(F)F.CC1C(F)(F)C(C)(F)C(F)(F)C1(F)F.CC1C(F)C(C)C(F)C1F.CC1CC(C)C(C(F)(F)F)C(C(F)(F)F)C1.CC1CC(C)CC(C(F)(F)F)C1.CC1CCCC(C(F)(F)F)C1C.[2H]C1(C)C(C)CCCC1C(F)(F)F.[2H]C1(C)CC(C)CC(C(F)(F)F)C1. The third kappa shape index (κ3) is 27.5. The van der Waals surface area contributed by atoms with Crippen LogP contribution >= 0.6 is 0 Å². The second kappa shape index (κ2) is 38.2. The lowest BCUT2D eigenvalue weighted by Gasteiger charge is -2.50. The van der Waals surface area contributed by atoms with Gasteiger partial charge < -0.3 is 0 Å². The molecule has 0 nitrogen and oxygen atoms in total. The Morgan fingerprint density at radius 1 is 0.275 bits per heavy atom. The lowest BCUT2D eigenvalue weighted by atomic mass is 9.57. The summed E-state index contributed by atoms with van der Waals surface area (Å²) in [6.07, 6.45) is -40.2. The Bertz CT molecular complexity index is 2660. The minimum atomic E-state index is -5.36. The van der Waals surface area contributed by atoms with Crippen molar-refractivity contribution in [2.75, 3.05) is 0 Å². The molecule has 27 atom stereocenters. The molecule has 0 aromatic rings. The van der Waals surface area contributed by atoms with Crippen LogP contribution < -0.4 is 0 Å². The van der Waals surface area contributed by atoms with Crippen LogP contribution in [0.5, 0.6) is 0 Å². The molecule has 8 aliphatic carbocycles. The molecule has 0 aliphatic heterocycles. The summed E-state index contributed by atoms with van der Waals surface area (Å²) in [5.74, 6) is -45.9. The summed E-state index contributed by atoms with van der Waals surface area (Å²) in [5.41, 5.74) is -4.52. The molecule has 8 saturated carbocycles. The predicted octanol–water partition coefficient (Wildman–Crippen LogP) is 29.9. The van der Waals surface area contributed by atoms with Crippen LogP contribution in [0.15, 0.2) is 0 Å². The molecule has 0 amide bonds. The highest BCUT2D eigenvalue weighted by Crippen LogP contribution is 2.66. The van der Waals surface area contributed by atoms with Crippen molar-refractivity contribution in [2.24, 2.45) is 148 Å². The maximum atomic E-state index is 13.0. The first-order valence-electron chi connectivity index (χ1n) is 37.2. The predicted molar refractivity (Wildman–Crippen MR) is 336 cm³/mol. The molecule has 8 fully saturated rings. The van der Waals surface area contributed by atoms with Gasteiger partial charge in [0, 0.05) is 14.6 Å². The first-order chi connectivity index (χ1) is 48.9. The number of alkyl halides is 37. The van der Waals surface area contributed by atoms with Crippen molar-refractivity contribution in [3.05, 3.63) is 0 Å². The van der Waals surface area contributed by atoms with E-state index in [1.807, 2.05) is 20.8 Å². The molecule has 27 unspecified atom stereocenters. The highest BCUT2D eigenvalue weighted by atomic mass is 19.4. The molecule has 8 aliphatic rings. The van der Waals surface area contributed by atoms with Gasteiger partial charge in [-0.1, -0.05) is 136 Å². The molecule has 109 heavy (non-hydrogen) atoms. The fourth-order valence-electron chi connectivity index (χ4n) is 17.3. The van der Waals surface area contributed by atoms with Crippen molar-refractivity contribution < 1.29 is 165 Å². The summed E-state index contributed by atoms with van der Waals surface area (Å²) in [6, 6.07) is 0. The number of halogens is 37. The van der Waals surface area contributed by atoms with E-state index in [9.17, 15) is 162 Å². The highest BCUT2D eigenvalue weighted by molar-refractivity contribution is 5.19. The molecule has 0 aromatic heterocycles. The van der Waals surface area contributed by atoms with Gasteiger partial charge in [-0.3, -0.25) is 0 Å². The summed E-state index contributed by atoms with van der Waals surface area (Å²) in [4.78, 5) is 0. The van der Waals surface area contributed by atoms with Crippen LogP contribution in [0.3, 0.4) is 0 Å². The quantitative estimate of drug-likeness (QED) is 0.212. The Balaban J connectivity index is 0.000000640. The van der Waals surface area contributed by atoms with Crippen molar-refractivity contribution >= 4 is 0 Å². The van der Waals surface area contributed by atoms with Crippen molar-refractivity contribution in [2.45, 2.75) is 305 Å². The zero-order valence-corrected chi connectivity index (χ0v) is 63.4. The summed E-state index contributed by atoms with van der Waals surface area (Å²) in [5, 5.41) is 0. The van der Waals surface area contributed by atoms with Gasteiger partial charge in [0.1, 0.15) is 18.5 Å². The van der Waals surface area contributed by atoms with E-state index in [2.05, 4.69) is 0 Å². The molecule has 654 valence electrons. The Morgan fingerprint density at radius 3 is 0.890 bits per heavy atom. The van der Waals surface area contributed by atoms with E-state index in [0.29, 0.717) is 39.0 Å². The highest BCUT2D eigenvalue weighted by Gasteiger charge is 2.88. The molecule has 37 heteroatoms. The van der Waals surface area contributed by atoms with Crippen molar-refractivity contribution in [3.63, 3.8) is 0 Å². The standard InChI is InChI=1S/C12H15F9.C10H14F6.4C9H15F3.C7H7F7.C7H11F3/c1-4-5(2)8(11(16,17)18)9(12(19,20)21)6(3)7(4)10(13,14)15;1-5-3-6(2)8(10(14,15)16)7(4-5)9(11,12)13;2*1-6-3-7(2)5-8(4-6)9(10,11)12;2*1-6-4-3-5-8(7(6)2)9(10,11)12;1-3-5(9,10)4(2,8)7(13,14)6(3,11)12;1-3-5(8)4(2)7(10)6(3)9/h4-9H,1-3H3;5-8H,3-4H2,1-2H3;4*6-8H,3-5H2,1-2H3;3H,1-2H3;3-7H,1-2H3/i;;6D;;7D;;;. The minimum absolute atomic E-state index is 0.0166. The van der Waals surface area contributed by atoms with Gasteiger partial charge in [0.2, 0.25) is 5.67 Å². The topological polar surface area (TPSA) is 0 Å². The fraction of sp³-hybridized carbons (Fsp3) is 1.00. The maximum Gasteiger partial charge on any atom is 0.392 e.